The molecule has 4 rings (SSSR count). The summed E-state index contributed by atoms with van der Waals surface area (Å²) in [5.74, 6) is -1.69. The highest BCUT2D eigenvalue weighted by Gasteiger charge is 2.30. The minimum atomic E-state index is -0.972. The van der Waals surface area contributed by atoms with Crippen molar-refractivity contribution in [3.63, 3.8) is 0 Å². The molecule has 1 aliphatic rings. The van der Waals surface area contributed by atoms with E-state index in [1.807, 2.05) is 30.3 Å². The van der Waals surface area contributed by atoms with Gasteiger partial charge in [0.1, 0.15) is 30.1 Å². The van der Waals surface area contributed by atoms with Crippen LogP contribution in [0.5, 0.6) is 0 Å². The van der Waals surface area contributed by atoms with Crippen LogP contribution < -0.4 is 16.0 Å². The molecule has 1 unspecified atom stereocenters. The van der Waals surface area contributed by atoms with Crippen molar-refractivity contribution in [2.75, 3.05) is 6.54 Å². The third kappa shape index (κ3) is 5.49. The fourth-order valence-corrected chi connectivity index (χ4v) is 4.28. The lowest BCUT2D eigenvalue weighted by atomic mass is 9.97. The molecule has 1 saturated heterocycles. The minimum absolute atomic E-state index is 0.123. The van der Waals surface area contributed by atoms with Crippen molar-refractivity contribution in [1.29, 1.82) is 0 Å². The summed E-state index contributed by atoms with van der Waals surface area (Å²) in [4.78, 5) is 40.6. The van der Waals surface area contributed by atoms with E-state index in [1.54, 1.807) is 6.07 Å². The van der Waals surface area contributed by atoms with Crippen molar-refractivity contribution in [1.82, 2.24) is 20.9 Å². The van der Waals surface area contributed by atoms with E-state index in [4.69, 9.17) is 0 Å². The largest absolute Gasteiger partial charge is 0.378 e. The zero-order valence-electron chi connectivity index (χ0n) is 18.5. The molecule has 1 aromatic heterocycles. The van der Waals surface area contributed by atoms with E-state index >= 15 is 0 Å². The number of hydrogen-bond acceptors (Lipinski definition) is 5. The molecule has 34 heavy (non-hydrogen) atoms. The van der Waals surface area contributed by atoms with Crippen molar-refractivity contribution in [3.05, 3.63) is 71.7 Å². The fraction of sp³-hybridized carbons (Fsp3) is 0.320. The smallest absolute Gasteiger partial charge is 0.268 e. The highest BCUT2D eigenvalue weighted by atomic mass is 19.1. The molecule has 0 radical (unpaired) electrons. The fourth-order valence-electron chi connectivity index (χ4n) is 4.28. The quantitative estimate of drug-likeness (QED) is 0.307. The van der Waals surface area contributed by atoms with E-state index < -0.39 is 35.9 Å². The Hall–Kier alpha value is -3.56. The Balaban J connectivity index is 1.50. The molecule has 1 fully saturated rings. The van der Waals surface area contributed by atoms with Gasteiger partial charge in [0.2, 0.25) is 5.91 Å². The zero-order chi connectivity index (χ0) is 24.1. The van der Waals surface area contributed by atoms with Gasteiger partial charge in [-0.25, -0.2) is 4.39 Å². The number of rotatable bonds is 9. The molecular weight excluding hydrogens is 439 g/mol. The second kappa shape index (κ2) is 10.6. The number of aldehydes is 1. The van der Waals surface area contributed by atoms with E-state index in [0.717, 1.165) is 5.56 Å². The summed E-state index contributed by atoms with van der Waals surface area (Å²) in [7, 11) is 0. The van der Waals surface area contributed by atoms with Crippen LogP contribution in [0.4, 0.5) is 4.39 Å². The Morgan fingerprint density at radius 2 is 1.94 bits per heavy atom. The van der Waals surface area contributed by atoms with E-state index in [9.17, 15) is 23.9 Å². The Morgan fingerprint density at radius 3 is 2.62 bits per heavy atom. The number of halogens is 1. The number of hydrogen-bond donors (Lipinski definition) is 5. The maximum absolute atomic E-state index is 14.0. The van der Waals surface area contributed by atoms with E-state index in [0.29, 0.717) is 24.8 Å². The molecular formula is C25H27FN4O4. The standard InChI is InChI=1S/C25H27FN4O4/c26-19-7-4-8-20-18(19)13-22(29-20)25(34)30-21(11-15-5-2-1-3-6-15)24(33)28-17(14-31)12-16-9-10-27-23(16)32/h1-8,13-14,16-17,21,23,27,29,32H,9-12H2,(H,28,33)(H,30,34)/t16-,17-,21-,23?/m0/s1. The summed E-state index contributed by atoms with van der Waals surface area (Å²) in [5.41, 5.74) is 1.42. The second-order valence-electron chi connectivity index (χ2n) is 8.53. The number of fused-ring (bicyclic) bond motifs is 1. The van der Waals surface area contributed by atoms with Crippen LogP contribution in [-0.4, -0.2) is 53.0 Å². The van der Waals surface area contributed by atoms with E-state index in [1.165, 1.54) is 18.2 Å². The van der Waals surface area contributed by atoms with Crippen LogP contribution >= 0.6 is 0 Å². The molecule has 4 atom stereocenters. The van der Waals surface area contributed by atoms with Crippen LogP contribution in [0.25, 0.3) is 10.9 Å². The van der Waals surface area contributed by atoms with Crippen molar-refractivity contribution in [2.24, 2.45) is 5.92 Å². The highest BCUT2D eigenvalue weighted by Crippen LogP contribution is 2.20. The van der Waals surface area contributed by atoms with Gasteiger partial charge in [0.25, 0.3) is 5.91 Å². The third-order valence-electron chi connectivity index (χ3n) is 6.12. The predicted molar refractivity (Wildman–Crippen MR) is 124 cm³/mol. The maximum atomic E-state index is 14.0. The maximum Gasteiger partial charge on any atom is 0.268 e. The van der Waals surface area contributed by atoms with Gasteiger partial charge in [0.15, 0.2) is 0 Å². The summed E-state index contributed by atoms with van der Waals surface area (Å²) in [5, 5.41) is 18.6. The molecule has 2 amide bonds. The lowest BCUT2D eigenvalue weighted by molar-refractivity contribution is -0.126. The number of aliphatic hydroxyl groups excluding tert-OH is 1. The highest BCUT2D eigenvalue weighted by molar-refractivity contribution is 6.00. The van der Waals surface area contributed by atoms with Gasteiger partial charge >= 0.3 is 0 Å². The molecule has 8 nitrogen and oxygen atoms in total. The number of carbonyl (C=O) groups is 3. The first-order chi connectivity index (χ1) is 16.4. The minimum Gasteiger partial charge on any atom is -0.378 e. The summed E-state index contributed by atoms with van der Waals surface area (Å²) < 4.78 is 14.0. The third-order valence-corrected chi connectivity index (χ3v) is 6.12. The van der Waals surface area contributed by atoms with Crippen LogP contribution in [0, 0.1) is 11.7 Å². The van der Waals surface area contributed by atoms with Gasteiger partial charge in [-0.05, 0) is 43.1 Å². The van der Waals surface area contributed by atoms with Crippen LogP contribution in [0.1, 0.15) is 28.9 Å². The summed E-state index contributed by atoms with van der Waals surface area (Å²) >= 11 is 0. The SMILES string of the molecule is O=C[C@H](C[C@@H]1CCNC1O)NC(=O)[C@H](Cc1ccccc1)NC(=O)c1cc2c(F)cccc2[nH]1. The second-order valence-corrected chi connectivity index (χ2v) is 8.53. The first-order valence-electron chi connectivity index (χ1n) is 11.2. The Labute approximate surface area is 195 Å². The number of carbonyl (C=O) groups excluding carboxylic acids is 3. The van der Waals surface area contributed by atoms with E-state index in [2.05, 4.69) is 20.9 Å². The van der Waals surface area contributed by atoms with Gasteiger partial charge < -0.3 is 25.5 Å². The Kier molecular flexibility index (Phi) is 7.34. The first-order valence-corrected chi connectivity index (χ1v) is 11.2. The molecule has 1 aliphatic heterocycles. The van der Waals surface area contributed by atoms with E-state index in [-0.39, 0.29) is 29.8 Å². The molecule has 2 aromatic carbocycles. The number of H-pyrrole nitrogens is 1. The average molecular weight is 467 g/mol. The normalized spacial score (nSPS) is 19.5. The lowest BCUT2D eigenvalue weighted by Gasteiger charge is -2.23. The average Bonchev–Trinajstić information content (AvgIpc) is 3.46. The molecule has 178 valence electrons. The molecule has 0 spiro atoms. The Morgan fingerprint density at radius 1 is 1.15 bits per heavy atom. The number of nitrogens with one attached hydrogen (secondary N) is 4. The topological polar surface area (TPSA) is 123 Å². The first kappa shape index (κ1) is 23.6. The number of benzene rings is 2. The molecule has 5 N–H and O–H groups in total. The van der Waals surface area contributed by atoms with Gasteiger partial charge in [-0.2, -0.15) is 0 Å². The number of aromatic nitrogens is 1. The summed E-state index contributed by atoms with van der Waals surface area (Å²) in [6.07, 6.45) is 1.11. The molecule has 0 bridgehead atoms. The Bertz CT molecular complexity index is 1170. The molecule has 2 heterocycles. The van der Waals surface area contributed by atoms with Gasteiger partial charge in [-0.3, -0.25) is 14.9 Å². The lowest BCUT2D eigenvalue weighted by Crippen LogP contribution is -2.51. The van der Waals surface area contributed by atoms with Crippen LogP contribution in [0.15, 0.2) is 54.6 Å². The number of aromatic amines is 1. The van der Waals surface area contributed by atoms with Crippen molar-refractivity contribution < 1.29 is 23.9 Å². The van der Waals surface area contributed by atoms with Gasteiger partial charge in [-0.1, -0.05) is 36.4 Å². The van der Waals surface area contributed by atoms with Gasteiger partial charge in [-0.15, -0.1) is 0 Å². The number of aliphatic hydroxyl groups is 1. The van der Waals surface area contributed by atoms with Crippen LogP contribution in [0.3, 0.4) is 0 Å². The summed E-state index contributed by atoms with van der Waals surface area (Å²) in [6.45, 7) is 0.642. The molecule has 3 aromatic rings. The van der Waals surface area contributed by atoms with Gasteiger partial charge in [0.05, 0.1) is 6.04 Å². The predicted octanol–water partition coefficient (Wildman–Crippen LogP) is 1.65. The van der Waals surface area contributed by atoms with Crippen molar-refractivity contribution in [2.45, 2.75) is 37.6 Å². The van der Waals surface area contributed by atoms with Crippen LogP contribution in [-0.2, 0) is 16.0 Å². The van der Waals surface area contributed by atoms with Crippen LogP contribution in [0.2, 0.25) is 0 Å². The zero-order valence-corrected chi connectivity index (χ0v) is 18.5. The van der Waals surface area contributed by atoms with Crippen molar-refractivity contribution in [3.8, 4) is 0 Å². The number of amides is 2. The summed E-state index contributed by atoms with van der Waals surface area (Å²) in [6, 6.07) is 13.3. The molecule has 0 aliphatic carbocycles. The molecule has 0 saturated carbocycles. The monoisotopic (exact) mass is 466 g/mol. The van der Waals surface area contributed by atoms with Gasteiger partial charge in [0, 0.05) is 23.2 Å². The van der Waals surface area contributed by atoms with Crippen molar-refractivity contribution >= 4 is 29.0 Å². The molecule has 9 heteroatoms.